The van der Waals surface area contributed by atoms with Crippen molar-refractivity contribution in [3.05, 3.63) is 39.8 Å². The summed E-state index contributed by atoms with van der Waals surface area (Å²) >= 11 is 1.16. The molecule has 0 bridgehead atoms. The van der Waals surface area contributed by atoms with Crippen LogP contribution in [0.5, 0.6) is 0 Å². The first-order valence-electron chi connectivity index (χ1n) is 6.22. The molecule has 2 aromatic rings. The first-order valence-corrected chi connectivity index (χ1v) is 7.04. The van der Waals surface area contributed by atoms with Gasteiger partial charge in [0.2, 0.25) is 0 Å². The molecule has 0 aliphatic heterocycles. The van der Waals surface area contributed by atoms with Gasteiger partial charge in [0.25, 0.3) is 5.91 Å². The van der Waals surface area contributed by atoms with E-state index in [4.69, 9.17) is 5.11 Å². The fourth-order valence-electron chi connectivity index (χ4n) is 1.69. The molecule has 106 valence electrons. The van der Waals surface area contributed by atoms with E-state index < -0.39 is 5.97 Å². The number of amides is 1. The van der Waals surface area contributed by atoms with E-state index in [0.717, 1.165) is 29.2 Å². The van der Waals surface area contributed by atoms with Crippen molar-refractivity contribution in [1.82, 2.24) is 15.1 Å². The Labute approximate surface area is 120 Å². The van der Waals surface area contributed by atoms with Gasteiger partial charge in [-0.25, -0.2) is 4.79 Å². The molecule has 20 heavy (non-hydrogen) atoms. The van der Waals surface area contributed by atoms with Crippen LogP contribution >= 0.6 is 11.3 Å². The van der Waals surface area contributed by atoms with E-state index in [0.29, 0.717) is 12.1 Å². The van der Waals surface area contributed by atoms with E-state index in [1.54, 1.807) is 16.9 Å². The van der Waals surface area contributed by atoms with Gasteiger partial charge < -0.3 is 10.4 Å². The quantitative estimate of drug-likeness (QED) is 0.853. The van der Waals surface area contributed by atoms with Gasteiger partial charge in [-0.05, 0) is 18.6 Å². The van der Waals surface area contributed by atoms with E-state index in [1.807, 2.05) is 6.92 Å². The number of aryl methyl sites for hydroxylation is 1. The molecule has 0 atom stereocenters. The number of nitrogens with one attached hydrogen (secondary N) is 1. The van der Waals surface area contributed by atoms with Gasteiger partial charge in [-0.3, -0.25) is 9.48 Å². The third kappa shape index (κ3) is 3.45. The van der Waals surface area contributed by atoms with Gasteiger partial charge in [0.05, 0.1) is 18.3 Å². The summed E-state index contributed by atoms with van der Waals surface area (Å²) in [5, 5.41) is 15.7. The average Bonchev–Trinajstić information content (AvgIpc) is 3.05. The summed E-state index contributed by atoms with van der Waals surface area (Å²) in [6, 6.07) is 3.24. The SMILES string of the molecule is CCCn1cc(C(=O)NCc2ccc(C(=O)O)s2)cn1. The molecule has 0 aliphatic carbocycles. The van der Waals surface area contributed by atoms with Gasteiger partial charge in [-0.2, -0.15) is 5.10 Å². The lowest BCUT2D eigenvalue weighted by atomic mass is 10.3. The largest absolute Gasteiger partial charge is 0.477 e. The molecule has 0 unspecified atom stereocenters. The van der Waals surface area contributed by atoms with Gasteiger partial charge in [0.15, 0.2) is 0 Å². The number of thiophene rings is 1. The van der Waals surface area contributed by atoms with Gasteiger partial charge in [-0.1, -0.05) is 6.92 Å². The van der Waals surface area contributed by atoms with Crippen LogP contribution in [0, 0.1) is 0 Å². The highest BCUT2D eigenvalue weighted by Gasteiger charge is 2.10. The van der Waals surface area contributed by atoms with Gasteiger partial charge >= 0.3 is 5.97 Å². The Kier molecular flexibility index (Phi) is 4.52. The monoisotopic (exact) mass is 293 g/mol. The minimum absolute atomic E-state index is 0.211. The minimum Gasteiger partial charge on any atom is -0.477 e. The van der Waals surface area contributed by atoms with Crippen LogP contribution in [0.15, 0.2) is 24.5 Å². The predicted octanol–water partition coefficient (Wildman–Crippen LogP) is 1.98. The number of carboxylic acid groups (broad SMARTS) is 1. The molecule has 1 amide bonds. The summed E-state index contributed by atoms with van der Waals surface area (Å²) in [5.74, 6) is -1.16. The average molecular weight is 293 g/mol. The number of carboxylic acids is 1. The normalized spacial score (nSPS) is 10.4. The molecule has 0 saturated carbocycles. The van der Waals surface area contributed by atoms with Crippen molar-refractivity contribution in [3.8, 4) is 0 Å². The molecule has 0 spiro atoms. The second-order valence-corrected chi connectivity index (χ2v) is 5.41. The number of rotatable bonds is 6. The molecular formula is C13H15N3O3S. The molecule has 2 aromatic heterocycles. The van der Waals surface area contributed by atoms with Crippen molar-refractivity contribution in [1.29, 1.82) is 0 Å². The molecule has 6 nitrogen and oxygen atoms in total. The molecular weight excluding hydrogens is 278 g/mol. The smallest absolute Gasteiger partial charge is 0.345 e. The first kappa shape index (κ1) is 14.3. The minimum atomic E-state index is -0.951. The summed E-state index contributed by atoms with van der Waals surface area (Å²) in [6.45, 7) is 3.13. The highest BCUT2D eigenvalue weighted by Crippen LogP contribution is 2.16. The fraction of sp³-hybridized carbons (Fsp3) is 0.308. The second-order valence-electron chi connectivity index (χ2n) is 4.25. The molecule has 0 aromatic carbocycles. The number of aromatic carboxylic acids is 1. The van der Waals surface area contributed by atoms with Crippen molar-refractivity contribution in [3.63, 3.8) is 0 Å². The van der Waals surface area contributed by atoms with Crippen molar-refractivity contribution in [2.45, 2.75) is 26.4 Å². The van der Waals surface area contributed by atoms with E-state index >= 15 is 0 Å². The maximum absolute atomic E-state index is 11.9. The van der Waals surface area contributed by atoms with E-state index in [2.05, 4.69) is 10.4 Å². The van der Waals surface area contributed by atoms with Crippen LogP contribution in [-0.4, -0.2) is 26.8 Å². The van der Waals surface area contributed by atoms with Crippen LogP contribution in [0.2, 0.25) is 0 Å². The first-order chi connectivity index (χ1) is 9.60. The lowest BCUT2D eigenvalue weighted by Crippen LogP contribution is -2.21. The summed E-state index contributed by atoms with van der Waals surface area (Å²) < 4.78 is 1.72. The molecule has 0 radical (unpaired) electrons. The number of aromatic nitrogens is 2. The topological polar surface area (TPSA) is 84.2 Å². The Bertz CT molecular complexity index is 618. The highest BCUT2D eigenvalue weighted by molar-refractivity contribution is 7.13. The Morgan fingerprint density at radius 3 is 2.90 bits per heavy atom. The predicted molar refractivity (Wildman–Crippen MR) is 75.0 cm³/mol. The molecule has 2 N–H and O–H groups in total. The number of carbonyl (C=O) groups excluding carboxylic acids is 1. The summed E-state index contributed by atoms with van der Waals surface area (Å²) in [4.78, 5) is 23.7. The zero-order chi connectivity index (χ0) is 14.5. The molecule has 7 heteroatoms. The van der Waals surface area contributed by atoms with Crippen LogP contribution in [0.3, 0.4) is 0 Å². The van der Waals surface area contributed by atoms with Crippen LogP contribution in [-0.2, 0) is 13.1 Å². The summed E-state index contributed by atoms with van der Waals surface area (Å²) in [7, 11) is 0. The second kappa shape index (κ2) is 6.33. The van der Waals surface area contributed by atoms with Gasteiger partial charge in [0, 0.05) is 17.6 Å². The zero-order valence-electron chi connectivity index (χ0n) is 11.0. The van der Waals surface area contributed by atoms with E-state index in [1.165, 1.54) is 12.3 Å². The van der Waals surface area contributed by atoms with Crippen LogP contribution in [0.4, 0.5) is 0 Å². The van der Waals surface area contributed by atoms with Crippen molar-refractivity contribution < 1.29 is 14.7 Å². The third-order valence-corrected chi connectivity index (χ3v) is 3.72. The number of nitrogens with zero attached hydrogens (tertiary/aromatic N) is 2. The van der Waals surface area contributed by atoms with E-state index in [9.17, 15) is 9.59 Å². The number of carbonyl (C=O) groups is 2. The maximum Gasteiger partial charge on any atom is 0.345 e. The van der Waals surface area contributed by atoms with Crippen LogP contribution in [0.1, 0.15) is 38.3 Å². The molecule has 2 rings (SSSR count). The number of hydrogen-bond donors (Lipinski definition) is 2. The van der Waals surface area contributed by atoms with Gasteiger partial charge in [0.1, 0.15) is 4.88 Å². The zero-order valence-corrected chi connectivity index (χ0v) is 11.8. The molecule has 0 saturated heterocycles. The fourth-order valence-corrected chi connectivity index (χ4v) is 2.48. The van der Waals surface area contributed by atoms with Crippen molar-refractivity contribution in [2.75, 3.05) is 0 Å². The Balaban J connectivity index is 1.91. The lowest BCUT2D eigenvalue weighted by molar-refractivity contribution is 0.0702. The van der Waals surface area contributed by atoms with Crippen LogP contribution < -0.4 is 5.32 Å². The Morgan fingerprint density at radius 1 is 1.45 bits per heavy atom. The molecule has 0 fully saturated rings. The van der Waals surface area contributed by atoms with Crippen molar-refractivity contribution >= 4 is 23.2 Å². The van der Waals surface area contributed by atoms with Crippen molar-refractivity contribution in [2.24, 2.45) is 0 Å². The summed E-state index contributed by atoms with van der Waals surface area (Å²) in [5.41, 5.74) is 0.508. The van der Waals surface area contributed by atoms with Crippen LogP contribution in [0.25, 0.3) is 0 Å². The Hall–Kier alpha value is -2.15. The maximum atomic E-state index is 11.9. The summed E-state index contributed by atoms with van der Waals surface area (Å²) in [6.07, 6.45) is 4.19. The molecule has 0 aliphatic rings. The number of hydrogen-bond acceptors (Lipinski definition) is 4. The highest BCUT2D eigenvalue weighted by atomic mass is 32.1. The Morgan fingerprint density at radius 2 is 2.25 bits per heavy atom. The third-order valence-electron chi connectivity index (χ3n) is 2.64. The molecule has 2 heterocycles. The van der Waals surface area contributed by atoms with E-state index in [-0.39, 0.29) is 10.8 Å². The van der Waals surface area contributed by atoms with Gasteiger partial charge in [-0.15, -0.1) is 11.3 Å². The lowest BCUT2D eigenvalue weighted by Gasteiger charge is -2.00. The standard InChI is InChI=1S/C13H15N3O3S/c1-2-5-16-8-9(6-15-16)12(17)14-7-10-3-4-11(20-10)13(18)19/h3-4,6,8H,2,5,7H2,1H3,(H,14,17)(H,18,19).